The molecule has 1 unspecified atom stereocenters. The van der Waals surface area contributed by atoms with Crippen molar-refractivity contribution in [3.8, 4) is 0 Å². The van der Waals surface area contributed by atoms with E-state index in [1.807, 2.05) is 40.6 Å². The molecule has 1 aliphatic rings. The molecule has 4 rings (SSSR count). The van der Waals surface area contributed by atoms with E-state index >= 15 is 0 Å². The molecular formula is C19H18BrN3O3S. The van der Waals surface area contributed by atoms with Crippen molar-refractivity contribution in [2.45, 2.75) is 19.4 Å². The Morgan fingerprint density at radius 3 is 3.00 bits per heavy atom. The van der Waals surface area contributed by atoms with Crippen LogP contribution in [0.2, 0.25) is 0 Å². The van der Waals surface area contributed by atoms with E-state index < -0.39 is 11.9 Å². The largest absolute Gasteiger partial charge is 0.481 e. The number of thiophene rings is 1. The van der Waals surface area contributed by atoms with Crippen LogP contribution in [0, 0.1) is 5.92 Å². The quantitative estimate of drug-likeness (QED) is 0.661. The average molecular weight is 448 g/mol. The number of halogens is 1. The Balaban J connectivity index is 1.80. The lowest BCUT2D eigenvalue weighted by Crippen LogP contribution is -2.42. The minimum absolute atomic E-state index is 0.0811. The number of fused-ring (bicyclic) bond motifs is 1. The van der Waals surface area contributed by atoms with Gasteiger partial charge in [0, 0.05) is 17.6 Å². The van der Waals surface area contributed by atoms with E-state index in [2.05, 4.69) is 15.9 Å². The summed E-state index contributed by atoms with van der Waals surface area (Å²) in [6.45, 7) is 1.46. The first-order valence-corrected chi connectivity index (χ1v) is 10.4. The van der Waals surface area contributed by atoms with E-state index in [4.69, 9.17) is 4.98 Å². The topological polar surface area (TPSA) is 75.4 Å². The molecule has 6 nitrogen and oxygen atoms in total. The van der Waals surface area contributed by atoms with Gasteiger partial charge in [-0.2, -0.15) is 0 Å². The molecule has 2 aromatic heterocycles. The summed E-state index contributed by atoms with van der Waals surface area (Å²) in [4.78, 5) is 31.3. The molecule has 1 aromatic carbocycles. The smallest absolute Gasteiger partial charge is 0.308 e. The van der Waals surface area contributed by atoms with Crippen LogP contribution in [0.15, 0.2) is 45.0 Å². The first-order valence-electron chi connectivity index (χ1n) is 8.73. The fourth-order valence-corrected chi connectivity index (χ4v) is 4.72. The molecule has 0 radical (unpaired) electrons. The third-order valence-electron chi connectivity index (χ3n) is 4.83. The summed E-state index contributed by atoms with van der Waals surface area (Å²) in [6.07, 6.45) is 1.42. The lowest BCUT2D eigenvalue weighted by atomic mass is 9.99. The molecule has 8 heteroatoms. The van der Waals surface area contributed by atoms with Crippen molar-refractivity contribution in [2.75, 3.05) is 18.0 Å². The van der Waals surface area contributed by atoms with Crippen LogP contribution in [0.5, 0.6) is 0 Å². The van der Waals surface area contributed by atoms with Crippen molar-refractivity contribution in [2.24, 2.45) is 5.92 Å². The van der Waals surface area contributed by atoms with Gasteiger partial charge in [0.25, 0.3) is 5.56 Å². The Labute approximate surface area is 168 Å². The molecule has 1 fully saturated rings. The van der Waals surface area contributed by atoms with Crippen LogP contribution < -0.4 is 10.5 Å². The number of benzene rings is 1. The molecule has 140 valence electrons. The van der Waals surface area contributed by atoms with Crippen molar-refractivity contribution in [1.29, 1.82) is 0 Å². The molecule has 1 atom stereocenters. The van der Waals surface area contributed by atoms with Gasteiger partial charge >= 0.3 is 5.97 Å². The highest BCUT2D eigenvalue weighted by Crippen LogP contribution is 2.25. The minimum Gasteiger partial charge on any atom is -0.481 e. The first kappa shape index (κ1) is 18.2. The molecule has 0 saturated carbocycles. The van der Waals surface area contributed by atoms with Crippen molar-refractivity contribution in [3.05, 3.63) is 56.1 Å². The average Bonchev–Trinajstić information content (AvgIpc) is 3.13. The SMILES string of the molecule is O=C(O)C1CCCN(c2nc3ccsc3c(=O)n2Cc2cccc(Br)c2)C1. The maximum Gasteiger partial charge on any atom is 0.308 e. The van der Waals surface area contributed by atoms with Gasteiger partial charge in [-0.15, -0.1) is 11.3 Å². The molecule has 0 spiro atoms. The number of carbonyl (C=O) groups is 1. The number of carboxylic acid groups (broad SMARTS) is 1. The minimum atomic E-state index is -0.794. The molecule has 1 aliphatic heterocycles. The Kier molecular flexibility index (Phi) is 5.01. The zero-order chi connectivity index (χ0) is 19.0. The third-order valence-corrected chi connectivity index (χ3v) is 6.21. The predicted octanol–water partition coefficient (Wildman–Crippen LogP) is 3.57. The van der Waals surface area contributed by atoms with Gasteiger partial charge in [-0.3, -0.25) is 14.2 Å². The van der Waals surface area contributed by atoms with Crippen LogP contribution in [0.4, 0.5) is 5.95 Å². The molecule has 3 heterocycles. The van der Waals surface area contributed by atoms with E-state index in [1.54, 1.807) is 4.57 Å². The Morgan fingerprint density at radius 2 is 2.22 bits per heavy atom. The van der Waals surface area contributed by atoms with Crippen LogP contribution in [-0.2, 0) is 11.3 Å². The van der Waals surface area contributed by atoms with E-state index in [0.29, 0.717) is 42.2 Å². The third kappa shape index (κ3) is 3.64. The van der Waals surface area contributed by atoms with Gasteiger partial charge < -0.3 is 10.0 Å². The predicted molar refractivity (Wildman–Crippen MR) is 110 cm³/mol. The summed E-state index contributed by atoms with van der Waals surface area (Å²) in [7, 11) is 0. The number of piperidine rings is 1. The van der Waals surface area contributed by atoms with Crippen molar-refractivity contribution in [1.82, 2.24) is 9.55 Å². The van der Waals surface area contributed by atoms with Gasteiger partial charge in [0.2, 0.25) is 5.95 Å². The normalized spacial score (nSPS) is 17.4. The zero-order valence-corrected chi connectivity index (χ0v) is 16.9. The molecule has 0 bridgehead atoms. The van der Waals surface area contributed by atoms with Crippen molar-refractivity contribution in [3.63, 3.8) is 0 Å². The number of hydrogen-bond acceptors (Lipinski definition) is 5. The lowest BCUT2D eigenvalue weighted by molar-refractivity contribution is -0.141. The summed E-state index contributed by atoms with van der Waals surface area (Å²) in [5.74, 6) is -0.679. The summed E-state index contributed by atoms with van der Waals surface area (Å²) in [5.41, 5.74) is 1.57. The monoisotopic (exact) mass is 447 g/mol. The molecule has 0 amide bonds. The summed E-state index contributed by atoms with van der Waals surface area (Å²) in [6, 6.07) is 9.66. The fourth-order valence-electron chi connectivity index (χ4n) is 3.49. The van der Waals surface area contributed by atoms with Gasteiger partial charge in [-0.25, -0.2) is 4.98 Å². The standard InChI is InChI=1S/C19H18BrN3O3S/c20-14-5-1-3-12(9-14)10-23-17(24)16-15(6-8-27-16)21-19(23)22-7-2-4-13(11-22)18(25)26/h1,3,5-6,8-9,13H,2,4,7,10-11H2,(H,25,26). The Morgan fingerprint density at radius 1 is 1.37 bits per heavy atom. The second kappa shape index (κ2) is 7.44. The highest BCUT2D eigenvalue weighted by atomic mass is 79.9. The van der Waals surface area contributed by atoms with Crippen molar-refractivity contribution < 1.29 is 9.90 Å². The second-order valence-corrected chi connectivity index (χ2v) is 8.52. The Hall–Kier alpha value is -2.19. The molecular weight excluding hydrogens is 430 g/mol. The van der Waals surface area contributed by atoms with Crippen molar-refractivity contribution >= 4 is 49.4 Å². The Bertz CT molecular complexity index is 1060. The number of rotatable bonds is 4. The summed E-state index contributed by atoms with van der Waals surface area (Å²) in [5, 5.41) is 11.3. The lowest BCUT2D eigenvalue weighted by Gasteiger charge is -2.32. The van der Waals surface area contributed by atoms with E-state index in [1.165, 1.54) is 11.3 Å². The fraction of sp³-hybridized carbons (Fsp3) is 0.316. The zero-order valence-electron chi connectivity index (χ0n) is 14.5. The maximum absolute atomic E-state index is 13.1. The molecule has 0 aliphatic carbocycles. The van der Waals surface area contributed by atoms with E-state index in [-0.39, 0.29) is 5.56 Å². The number of nitrogens with zero attached hydrogens (tertiary/aromatic N) is 3. The highest BCUT2D eigenvalue weighted by molar-refractivity contribution is 9.10. The number of carboxylic acids is 1. The highest BCUT2D eigenvalue weighted by Gasteiger charge is 2.28. The molecule has 1 saturated heterocycles. The van der Waals surface area contributed by atoms with Gasteiger partial charge in [-0.1, -0.05) is 28.1 Å². The summed E-state index contributed by atoms with van der Waals surface area (Å²) >= 11 is 4.85. The number of aliphatic carboxylic acids is 1. The maximum atomic E-state index is 13.1. The van der Waals surface area contributed by atoms with Crippen LogP contribution >= 0.6 is 27.3 Å². The van der Waals surface area contributed by atoms with Crippen LogP contribution in [-0.4, -0.2) is 33.7 Å². The van der Waals surface area contributed by atoms with E-state index in [9.17, 15) is 14.7 Å². The number of anilines is 1. The van der Waals surface area contributed by atoms with Gasteiger partial charge in [0.1, 0.15) is 4.70 Å². The van der Waals surface area contributed by atoms with Crippen LogP contribution in [0.3, 0.4) is 0 Å². The second-order valence-electron chi connectivity index (χ2n) is 6.69. The van der Waals surface area contributed by atoms with Gasteiger partial charge in [0.05, 0.1) is 18.0 Å². The molecule has 1 N–H and O–H groups in total. The molecule has 3 aromatic rings. The van der Waals surface area contributed by atoms with Crippen LogP contribution in [0.25, 0.3) is 10.2 Å². The van der Waals surface area contributed by atoms with E-state index in [0.717, 1.165) is 16.5 Å². The number of aromatic nitrogens is 2. The molecule has 27 heavy (non-hydrogen) atoms. The number of hydrogen-bond donors (Lipinski definition) is 1. The van der Waals surface area contributed by atoms with Gasteiger partial charge in [-0.05, 0) is 42.0 Å². The van der Waals surface area contributed by atoms with Crippen LogP contribution in [0.1, 0.15) is 18.4 Å². The first-order chi connectivity index (χ1) is 13.0. The summed E-state index contributed by atoms with van der Waals surface area (Å²) < 4.78 is 3.24. The van der Waals surface area contributed by atoms with Gasteiger partial charge in [0.15, 0.2) is 0 Å².